The van der Waals surface area contributed by atoms with Crippen LogP contribution in [0.25, 0.3) is 11.1 Å². The van der Waals surface area contributed by atoms with Crippen LogP contribution in [0.4, 0.5) is 0 Å². The number of hydrogen-bond donors (Lipinski definition) is 1. The Bertz CT molecular complexity index is 1470. The summed E-state index contributed by atoms with van der Waals surface area (Å²) < 4.78 is 21.4. The number of carbonyl (C=O) groups is 2. The van der Waals surface area contributed by atoms with E-state index < -0.39 is 0 Å². The first-order chi connectivity index (χ1) is 26.3. The Hall–Kier alpha value is -5.07. The molecule has 0 fully saturated rings. The second-order valence-electron chi connectivity index (χ2n) is 10.8. The van der Waals surface area contributed by atoms with Crippen molar-refractivity contribution in [1.29, 1.82) is 0 Å². The fraction of sp³-hybridized carbons (Fsp3) is 0.326. The predicted molar refractivity (Wildman–Crippen MR) is 227 cm³/mol. The van der Waals surface area contributed by atoms with Gasteiger partial charge in [-0.15, -0.1) is 18.9 Å². The Labute approximate surface area is 330 Å². The van der Waals surface area contributed by atoms with Gasteiger partial charge >= 0.3 is 5.97 Å². The fourth-order valence-corrected chi connectivity index (χ4v) is 4.33. The van der Waals surface area contributed by atoms with Gasteiger partial charge < -0.3 is 24.1 Å². The lowest BCUT2D eigenvalue weighted by Crippen LogP contribution is -2.02. The maximum Gasteiger partial charge on any atom is 0.330 e. The first-order valence-corrected chi connectivity index (χ1v) is 18.5. The fourth-order valence-electron chi connectivity index (χ4n) is 4.05. The molecule has 0 heterocycles. The highest BCUT2D eigenvalue weighted by Crippen LogP contribution is 2.32. The van der Waals surface area contributed by atoms with Crippen LogP contribution in [0.2, 0.25) is 5.02 Å². The summed E-state index contributed by atoms with van der Waals surface area (Å²) in [5.74, 6) is 2.04. The van der Waals surface area contributed by atoms with E-state index in [1.807, 2.05) is 68.5 Å². The van der Waals surface area contributed by atoms with Crippen molar-refractivity contribution >= 4 is 23.9 Å². The highest BCUT2D eigenvalue weighted by atomic mass is 35.5. The lowest BCUT2D eigenvalue weighted by molar-refractivity contribution is -0.137. The number of carbonyl (C=O) groups excluding carboxylic acids is 2. The Balaban J connectivity index is 0. The largest absolute Gasteiger partial charge is 0.497 e. The first kappa shape index (κ1) is 51.0. The highest BCUT2D eigenvalue weighted by Gasteiger charge is 2.06. The lowest BCUT2D eigenvalue weighted by atomic mass is 10.1. The molecule has 8 heteroatoms. The summed E-state index contributed by atoms with van der Waals surface area (Å²) in [5, 5.41) is 8.41. The van der Waals surface area contributed by atoms with E-state index >= 15 is 0 Å². The van der Waals surface area contributed by atoms with E-state index in [2.05, 4.69) is 38.6 Å². The van der Waals surface area contributed by atoms with Gasteiger partial charge in [-0.25, -0.2) is 4.79 Å². The highest BCUT2D eigenvalue weighted by molar-refractivity contribution is 6.33. The van der Waals surface area contributed by atoms with Gasteiger partial charge in [-0.3, -0.25) is 4.79 Å². The van der Waals surface area contributed by atoms with Crippen molar-refractivity contribution in [3.05, 3.63) is 146 Å². The molecule has 54 heavy (non-hydrogen) atoms. The van der Waals surface area contributed by atoms with E-state index in [1.165, 1.54) is 25.0 Å². The van der Waals surface area contributed by atoms with Crippen molar-refractivity contribution in [3.63, 3.8) is 0 Å². The van der Waals surface area contributed by atoms with Crippen molar-refractivity contribution in [3.8, 4) is 28.4 Å². The molecule has 3 rings (SSSR count). The van der Waals surface area contributed by atoms with Gasteiger partial charge in [0.15, 0.2) is 0 Å². The summed E-state index contributed by atoms with van der Waals surface area (Å²) in [7, 11) is 1.62. The Kier molecular flexibility index (Phi) is 35.6. The van der Waals surface area contributed by atoms with E-state index in [9.17, 15) is 9.59 Å². The normalized spacial score (nSPS) is 9.06. The third kappa shape index (κ3) is 27.6. The molecule has 0 amide bonds. The van der Waals surface area contributed by atoms with Crippen molar-refractivity contribution < 1.29 is 33.6 Å². The average molecular weight is 761 g/mol. The maximum absolute atomic E-state index is 10.9. The predicted octanol–water partition coefficient (Wildman–Crippen LogP) is 12.0. The number of rotatable bonds is 21. The molecule has 294 valence electrons. The van der Waals surface area contributed by atoms with Crippen molar-refractivity contribution in [2.45, 2.75) is 65.2 Å². The third-order valence-electron chi connectivity index (χ3n) is 6.76. The van der Waals surface area contributed by atoms with Crippen LogP contribution < -0.4 is 14.2 Å². The third-order valence-corrected chi connectivity index (χ3v) is 7.07. The van der Waals surface area contributed by atoms with Gasteiger partial charge in [0.05, 0.1) is 38.6 Å². The maximum atomic E-state index is 10.9. The lowest BCUT2D eigenvalue weighted by Gasteiger charge is -2.09. The molecule has 0 bridgehead atoms. The molecular formula is C46H61ClO7. The monoisotopic (exact) mass is 760 g/mol. The van der Waals surface area contributed by atoms with Gasteiger partial charge in [0, 0.05) is 17.2 Å². The van der Waals surface area contributed by atoms with E-state index in [1.54, 1.807) is 37.5 Å². The number of unbranched alkanes of at least 4 members (excludes halogenated alkanes) is 6. The molecule has 0 aliphatic carbocycles. The molecule has 0 atom stereocenters. The number of aldehydes is 1. The molecule has 0 saturated heterocycles. The minimum absolute atomic E-state index is 0.0833. The van der Waals surface area contributed by atoms with E-state index in [0.717, 1.165) is 79.8 Å². The molecule has 0 saturated carbocycles. The average Bonchev–Trinajstić information content (AvgIpc) is 3.22. The zero-order valence-corrected chi connectivity index (χ0v) is 33.4. The molecule has 0 spiro atoms. The van der Waals surface area contributed by atoms with Gasteiger partial charge in [0.2, 0.25) is 0 Å². The van der Waals surface area contributed by atoms with Crippen molar-refractivity contribution in [1.82, 2.24) is 0 Å². The van der Waals surface area contributed by atoms with E-state index in [4.69, 9.17) is 35.7 Å². The molecule has 1 N–H and O–H groups in total. The minimum atomic E-state index is -0.363. The SMILES string of the molecule is C=C=CC=C.C=CC(=O)OCCCCCCOc1ccc(-c2ccc(OC)cc2Cl)cc1.C=CCCCCCOc1ccc(C=O)cc1.C=CCO.CC. The number of methoxy groups -OCH3 is 1. The van der Waals surface area contributed by atoms with Crippen LogP contribution in [-0.4, -0.2) is 50.9 Å². The van der Waals surface area contributed by atoms with E-state index in [0.29, 0.717) is 23.8 Å². The topological polar surface area (TPSA) is 91.3 Å². The van der Waals surface area contributed by atoms with Crippen LogP contribution in [0, 0.1) is 0 Å². The van der Waals surface area contributed by atoms with Crippen LogP contribution in [0.15, 0.2) is 136 Å². The summed E-state index contributed by atoms with van der Waals surface area (Å²) in [4.78, 5) is 21.3. The van der Waals surface area contributed by atoms with Crippen LogP contribution in [0.1, 0.15) is 75.6 Å². The number of ether oxygens (including phenoxy) is 4. The summed E-state index contributed by atoms with van der Waals surface area (Å²) in [6.45, 7) is 22.9. The number of allylic oxidation sites excluding steroid dienone is 3. The van der Waals surface area contributed by atoms with Crippen LogP contribution in [-0.2, 0) is 9.53 Å². The first-order valence-electron chi connectivity index (χ1n) is 18.2. The number of aliphatic hydroxyl groups excluding tert-OH is 1. The van der Waals surface area contributed by atoms with Crippen LogP contribution in [0.5, 0.6) is 17.2 Å². The smallest absolute Gasteiger partial charge is 0.330 e. The standard InChI is InChI=1S/C22H25ClO4.C14H18O2.C5H6.C3H6O.C2H6/c1-3-22(24)27-15-7-5-4-6-14-26-18-10-8-17(9-11-18)20-13-12-19(25-2)16-21(20)23;1-2-3-4-5-6-11-16-14-9-7-13(12-15)8-10-14;1-3-5-4-2;1-2-3-4;1-2/h3,8-13,16H,1,4-7,14-15H2,2H3;2,7-10,12H,1,3-6,11H2;3,5H,1-2H2;2,4H,1,3H2;1-2H3. The molecule has 3 aromatic carbocycles. The Morgan fingerprint density at radius 3 is 1.70 bits per heavy atom. The molecule has 0 aliphatic rings. The molecular weight excluding hydrogens is 700 g/mol. The number of aliphatic hydroxyl groups is 1. The van der Waals surface area contributed by atoms with Crippen LogP contribution >= 0.6 is 11.6 Å². The van der Waals surface area contributed by atoms with Gasteiger partial charge in [-0.05, 0) is 118 Å². The quantitative estimate of drug-likeness (QED) is 0.0220. The Morgan fingerprint density at radius 1 is 0.759 bits per heavy atom. The zero-order chi connectivity index (χ0) is 40.7. The van der Waals surface area contributed by atoms with Crippen molar-refractivity contribution in [2.75, 3.05) is 33.5 Å². The van der Waals surface area contributed by atoms with Crippen molar-refractivity contribution in [2.24, 2.45) is 0 Å². The van der Waals surface area contributed by atoms with Gasteiger partial charge in [-0.1, -0.05) is 75.5 Å². The second-order valence-corrected chi connectivity index (χ2v) is 11.2. The van der Waals surface area contributed by atoms with E-state index in [-0.39, 0.29) is 12.6 Å². The summed E-state index contributed by atoms with van der Waals surface area (Å²) in [5.41, 5.74) is 5.19. The van der Waals surface area contributed by atoms with Gasteiger partial charge in [0.1, 0.15) is 23.5 Å². The Morgan fingerprint density at radius 2 is 1.28 bits per heavy atom. The van der Waals surface area contributed by atoms with Gasteiger partial charge in [-0.2, -0.15) is 0 Å². The second kappa shape index (κ2) is 37.7. The number of halogens is 1. The molecule has 3 aromatic rings. The molecule has 0 unspecified atom stereocenters. The number of hydrogen-bond acceptors (Lipinski definition) is 7. The number of benzene rings is 3. The zero-order valence-electron chi connectivity index (χ0n) is 32.6. The summed E-state index contributed by atoms with van der Waals surface area (Å²) in [6, 6.07) is 20.7. The molecule has 0 aliphatic heterocycles. The number of esters is 1. The molecule has 7 nitrogen and oxygen atoms in total. The summed E-state index contributed by atoms with van der Waals surface area (Å²) >= 11 is 6.32. The summed E-state index contributed by atoms with van der Waals surface area (Å²) in [6.07, 6.45) is 17.0. The molecule has 0 aromatic heterocycles. The molecule has 0 radical (unpaired) electrons. The minimum Gasteiger partial charge on any atom is -0.497 e. The van der Waals surface area contributed by atoms with Gasteiger partial charge in [0.25, 0.3) is 0 Å². The van der Waals surface area contributed by atoms with Crippen LogP contribution in [0.3, 0.4) is 0 Å².